The van der Waals surface area contributed by atoms with Gasteiger partial charge in [0.1, 0.15) is 11.1 Å². The van der Waals surface area contributed by atoms with Crippen molar-refractivity contribution in [3.63, 3.8) is 0 Å². The number of carbonyl (C=O) groups is 2. The van der Waals surface area contributed by atoms with Gasteiger partial charge in [-0.3, -0.25) is 9.59 Å². The Labute approximate surface area is 83.2 Å². The molecule has 0 bridgehead atoms. The van der Waals surface area contributed by atoms with Gasteiger partial charge in [0, 0.05) is 0 Å². The molecule has 0 spiro atoms. The molecular weight excluding hydrogens is 186 g/mol. The Hall–Kier alpha value is -1.10. The molecule has 0 aromatic rings. The second-order valence-corrected chi connectivity index (χ2v) is 4.49. The van der Waals surface area contributed by atoms with E-state index in [4.69, 9.17) is 15.6 Å². The Morgan fingerprint density at radius 1 is 1.29 bits per heavy atom. The lowest BCUT2D eigenvalue weighted by molar-refractivity contribution is -0.160. The maximum Gasteiger partial charge on any atom is 0.323 e. The van der Waals surface area contributed by atoms with Crippen LogP contribution in [0.3, 0.4) is 0 Å². The standard InChI is InChI=1S/C9H17NO4/c1-8(2,3)14-6(11)5-9(4,10)7(12)13/h5,10H2,1-4H3,(H,12,13). The SMILES string of the molecule is CC(C)(C)OC(=O)CC(C)(N)C(=O)O. The van der Waals surface area contributed by atoms with Gasteiger partial charge in [0.25, 0.3) is 0 Å². The van der Waals surface area contributed by atoms with Crippen molar-refractivity contribution in [3.8, 4) is 0 Å². The van der Waals surface area contributed by atoms with Gasteiger partial charge in [-0.2, -0.15) is 0 Å². The van der Waals surface area contributed by atoms with Crippen LogP contribution >= 0.6 is 0 Å². The van der Waals surface area contributed by atoms with Crippen molar-refractivity contribution in [3.05, 3.63) is 0 Å². The third-order valence-electron chi connectivity index (χ3n) is 1.42. The predicted molar refractivity (Wildman–Crippen MR) is 50.7 cm³/mol. The fourth-order valence-electron chi connectivity index (χ4n) is 0.753. The van der Waals surface area contributed by atoms with E-state index in [1.54, 1.807) is 20.8 Å². The number of carboxylic acids is 1. The number of esters is 1. The first-order valence-electron chi connectivity index (χ1n) is 4.29. The molecule has 0 fully saturated rings. The van der Waals surface area contributed by atoms with Crippen molar-refractivity contribution < 1.29 is 19.4 Å². The highest BCUT2D eigenvalue weighted by Gasteiger charge is 2.33. The van der Waals surface area contributed by atoms with Crippen LogP contribution in [-0.4, -0.2) is 28.2 Å². The molecule has 0 saturated heterocycles. The Kier molecular flexibility index (Phi) is 3.65. The molecule has 0 aromatic heterocycles. The van der Waals surface area contributed by atoms with E-state index in [0.717, 1.165) is 0 Å². The minimum absolute atomic E-state index is 0.334. The number of hydrogen-bond acceptors (Lipinski definition) is 4. The van der Waals surface area contributed by atoms with Crippen molar-refractivity contribution in [2.75, 3.05) is 0 Å². The molecule has 82 valence electrons. The van der Waals surface area contributed by atoms with E-state index in [9.17, 15) is 9.59 Å². The molecule has 14 heavy (non-hydrogen) atoms. The van der Waals surface area contributed by atoms with E-state index in [2.05, 4.69) is 0 Å². The van der Waals surface area contributed by atoms with Crippen molar-refractivity contribution in [1.29, 1.82) is 0 Å². The molecule has 1 unspecified atom stereocenters. The van der Waals surface area contributed by atoms with Crippen LogP contribution in [0.1, 0.15) is 34.1 Å². The molecule has 0 aliphatic heterocycles. The minimum Gasteiger partial charge on any atom is -0.480 e. The third-order valence-corrected chi connectivity index (χ3v) is 1.42. The highest BCUT2D eigenvalue weighted by atomic mass is 16.6. The molecule has 0 aliphatic rings. The van der Waals surface area contributed by atoms with Crippen LogP contribution in [0.25, 0.3) is 0 Å². The van der Waals surface area contributed by atoms with E-state index in [-0.39, 0.29) is 6.42 Å². The van der Waals surface area contributed by atoms with Gasteiger partial charge in [-0.05, 0) is 27.7 Å². The highest BCUT2D eigenvalue weighted by molar-refractivity contribution is 5.85. The molecule has 0 amide bonds. The van der Waals surface area contributed by atoms with Gasteiger partial charge in [-0.15, -0.1) is 0 Å². The Bertz CT molecular complexity index is 240. The maximum absolute atomic E-state index is 11.2. The van der Waals surface area contributed by atoms with Gasteiger partial charge in [0.2, 0.25) is 0 Å². The van der Waals surface area contributed by atoms with Crippen molar-refractivity contribution in [2.45, 2.75) is 45.3 Å². The molecular formula is C9H17NO4. The number of nitrogens with two attached hydrogens (primary N) is 1. The molecule has 5 heteroatoms. The molecule has 0 radical (unpaired) electrons. The van der Waals surface area contributed by atoms with Gasteiger partial charge in [0.05, 0.1) is 6.42 Å². The number of carbonyl (C=O) groups excluding carboxylic acids is 1. The molecule has 0 aromatic carbocycles. The van der Waals surface area contributed by atoms with Crippen LogP contribution in [0.15, 0.2) is 0 Å². The van der Waals surface area contributed by atoms with Crippen molar-refractivity contribution in [2.24, 2.45) is 5.73 Å². The summed E-state index contributed by atoms with van der Waals surface area (Å²) in [5.74, 6) is -1.83. The van der Waals surface area contributed by atoms with E-state index in [1.165, 1.54) is 6.92 Å². The summed E-state index contributed by atoms with van der Waals surface area (Å²) in [5.41, 5.74) is 3.19. The van der Waals surface area contributed by atoms with Gasteiger partial charge >= 0.3 is 11.9 Å². The third kappa shape index (κ3) is 4.81. The summed E-state index contributed by atoms with van der Waals surface area (Å²) < 4.78 is 4.94. The second kappa shape index (κ2) is 3.96. The van der Waals surface area contributed by atoms with E-state index < -0.39 is 23.1 Å². The van der Waals surface area contributed by atoms with Gasteiger partial charge in [-0.25, -0.2) is 0 Å². The van der Waals surface area contributed by atoms with E-state index >= 15 is 0 Å². The quantitative estimate of drug-likeness (QED) is 0.653. The Balaban J connectivity index is 4.27. The van der Waals surface area contributed by atoms with E-state index in [0.29, 0.717) is 0 Å². The number of hydrogen-bond donors (Lipinski definition) is 2. The summed E-state index contributed by atoms with van der Waals surface area (Å²) in [7, 11) is 0. The average Bonchev–Trinajstić information content (AvgIpc) is 1.79. The minimum atomic E-state index is -1.57. The first kappa shape index (κ1) is 12.9. The van der Waals surface area contributed by atoms with Crippen LogP contribution in [-0.2, 0) is 14.3 Å². The smallest absolute Gasteiger partial charge is 0.323 e. The average molecular weight is 203 g/mol. The zero-order chi connectivity index (χ0) is 11.6. The van der Waals surface area contributed by atoms with Crippen LogP contribution in [0.4, 0.5) is 0 Å². The second-order valence-electron chi connectivity index (χ2n) is 4.49. The molecule has 0 saturated carbocycles. The number of aliphatic carboxylic acids is 1. The first-order chi connectivity index (χ1) is 6.04. The summed E-state index contributed by atoms with van der Waals surface area (Å²) in [6.07, 6.45) is -0.334. The summed E-state index contributed by atoms with van der Waals surface area (Å²) >= 11 is 0. The van der Waals surface area contributed by atoms with Crippen molar-refractivity contribution in [1.82, 2.24) is 0 Å². The van der Waals surface area contributed by atoms with Gasteiger partial charge in [-0.1, -0.05) is 0 Å². The molecule has 3 N–H and O–H groups in total. The summed E-state index contributed by atoms with van der Waals surface area (Å²) in [5, 5.41) is 8.66. The van der Waals surface area contributed by atoms with E-state index in [1.807, 2.05) is 0 Å². The summed E-state index contributed by atoms with van der Waals surface area (Å²) in [6.45, 7) is 6.40. The Morgan fingerprint density at radius 3 is 2.00 bits per heavy atom. The zero-order valence-corrected chi connectivity index (χ0v) is 8.96. The fourth-order valence-corrected chi connectivity index (χ4v) is 0.753. The lowest BCUT2D eigenvalue weighted by Gasteiger charge is -2.23. The van der Waals surface area contributed by atoms with Crippen LogP contribution in [0, 0.1) is 0 Å². The molecule has 0 heterocycles. The molecule has 0 aliphatic carbocycles. The van der Waals surface area contributed by atoms with Crippen LogP contribution in [0.5, 0.6) is 0 Å². The molecule has 1 atom stereocenters. The summed E-state index contributed by atoms with van der Waals surface area (Å²) in [6, 6.07) is 0. The maximum atomic E-state index is 11.2. The Morgan fingerprint density at radius 2 is 1.71 bits per heavy atom. The fraction of sp³-hybridized carbons (Fsp3) is 0.778. The largest absolute Gasteiger partial charge is 0.480 e. The topological polar surface area (TPSA) is 89.6 Å². The predicted octanol–water partition coefficient (Wildman–Crippen LogP) is 0.520. The molecule has 5 nitrogen and oxygen atoms in total. The highest BCUT2D eigenvalue weighted by Crippen LogP contribution is 2.13. The molecule has 0 rings (SSSR count). The van der Waals surface area contributed by atoms with Gasteiger partial charge < -0.3 is 15.6 Å². The lowest BCUT2D eigenvalue weighted by atomic mass is 10.00. The normalized spacial score (nSPS) is 15.8. The lowest BCUT2D eigenvalue weighted by Crippen LogP contribution is -2.47. The zero-order valence-electron chi connectivity index (χ0n) is 8.96. The number of rotatable bonds is 3. The number of ether oxygens (including phenoxy) is 1. The monoisotopic (exact) mass is 203 g/mol. The van der Waals surface area contributed by atoms with Crippen LogP contribution in [0.2, 0.25) is 0 Å². The number of carboxylic acid groups (broad SMARTS) is 1. The first-order valence-corrected chi connectivity index (χ1v) is 4.29. The summed E-state index contributed by atoms with van der Waals surface area (Å²) in [4.78, 5) is 21.8. The van der Waals surface area contributed by atoms with Crippen molar-refractivity contribution >= 4 is 11.9 Å². The van der Waals surface area contributed by atoms with Gasteiger partial charge in [0.15, 0.2) is 0 Å². The van der Waals surface area contributed by atoms with Crippen LogP contribution < -0.4 is 5.73 Å².